The van der Waals surface area contributed by atoms with Crippen molar-refractivity contribution in [2.75, 3.05) is 26.2 Å². The predicted molar refractivity (Wildman–Crippen MR) is 68.4 cm³/mol. The van der Waals surface area contributed by atoms with Crippen LogP contribution in [0, 0.1) is 12.8 Å². The fraction of sp³-hybridized carbons (Fsp3) is 0.692. The zero-order valence-electron chi connectivity index (χ0n) is 11.1. The maximum atomic E-state index is 12.2. The molecule has 1 atom stereocenters. The molecule has 2 heterocycles. The molecule has 0 aliphatic carbocycles. The van der Waals surface area contributed by atoms with Gasteiger partial charge in [-0.2, -0.15) is 0 Å². The summed E-state index contributed by atoms with van der Waals surface area (Å²) in [6, 6.07) is 1.70. The van der Waals surface area contributed by atoms with E-state index in [2.05, 4.69) is 10.5 Å². The molecule has 1 aliphatic rings. The molecule has 5 heteroatoms. The van der Waals surface area contributed by atoms with E-state index < -0.39 is 0 Å². The molecular formula is C13H21N3O2. The van der Waals surface area contributed by atoms with Crippen LogP contribution in [0.2, 0.25) is 0 Å². The number of rotatable bonds is 4. The molecular weight excluding hydrogens is 230 g/mol. The van der Waals surface area contributed by atoms with Crippen molar-refractivity contribution in [3.63, 3.8) is 0 Å². The highest BCUT2D eigenvalue weighted by Crippen LogP contribution is 2.14. The Morgan fingerprint density at radius 1 is 1.67 bits per heavy atom. The number of nitrogens with one attached hydrogen (secondary N) is 1. The van der Waals surface area contributed by atoms with Crippen molar-refractivity contribution in [3.8, 4) is 0 Å². The van der Waals surface area contributed by atoms with Gasteiger partial charge in [-0.3, -0.25) is 4.79 Å². The van der Waals surface area contributed by atoms with Crippen LogP contribution in [0.4, 0.5) is 0 Å². The average molecular weight is 251 g/mol. The lowest BCUT2D eigenvalue weighted by atomic mass is 9.99. The molecule has 0 spiro atoms. The van der Waals surface area contributed by atoms with Crippen LogP contribution in [-0.2, 0) is 0 Å². The lowest BCUT2D eigenvalue weighted by Gasteiger charge is -2.29. The summed E-state index contributed by atoms with van der Waals surface area (Å²) in [7, 11) is 0. The molecule has 0 aromatic carbocycles. The summed E-state index contributed by atoms with van der Waals surface area (Å²) in [6.45, 7) is 7.41. The molecule has 18 heavy (non-hydrogen) atoms. The van der Waals surface area contributed by atoms with Gasteiger partial charge >= 0.3 is 0 Å². The van der Waals surface area contributed by atoms with Crippen LogP contribution in [0.25, 0.3) is 0 Å². The number of carbonyl (C=O) groups is 1. The van der Waals surface area contributed by atoms with Crippen LogP contribution in [0.5, 0.6) is 0 Å². The van der Waals surface area contributed by atoms with Gasteiger partial charge in [0, 0.05) is 19.2 Å². The molecule has 1 fully saturated rings. The topological polar surface area (TPSA) is 58.4 Å². The van der Waals surface area contributed by atoms with E-state index in [4.69, 9.17) is 4.52 Å². The van der Waals surface area contributed by atoms with Crippen LogP contribution in [-0.4, -0.2) is 42.1 Å². The number of amides is 1. The van der Waals surface area contributed by atoms with Gasteiger partial charge in [-0.25, -0.2) is 0 Å². The Morgan fingerprint density at radius 3 is 3.06 bits per heavy atom. The summed E-state index contributed by atoms with van der Waals surface area (Å²) >= 11 is 0. The summed E-state index contributed by atoms with van der Waals surface area (Å²) in [5.74, 6) is 1.20. The first-order valence-corrected chi connectivity index (χ1v) is 6.64. The van der Waals surface area contributed by atoms with Crippen molar-refractivity contribution in [2.24, 2.45) is 5.92 Å². The van der Waals surface area contributed by atoms with Crippen molar-refractivity contribution in [1.82, 2.24) is 15.4 Å². The second-order valence-corrected chi connectivity index (χ2v) is 4.88. The van der Waals surface area contributed by atoms with Gasteiger partial charge in [0.1, 0.15) is 5.76 Å². The summed E-state index contributed by atoms with van der Waals surface area (Å²) in [5.41, 5.74) is 0.415. The van der Waals surface area contributed by atoms with Gasteiger partial charge < -0.3 is 14.7 Å². The van der Waals surface area contributed by atoms with Crippen LogP contribution in [0.1, 0.15) is 36.0 Å². The molecule has 1 aliphatic heterocycles. The Labute approximate surface area is 108 Å². The summed E-state index contributed by atoms with van der Waals surface area (Å²) in [5, 5.41) is 7.17. The normalized spacial score (nSPS) is 19.8. The Balaban J connectivity index is 1.97. The maximum Gasteiger partial charge on any atom is 0.276 e. The zero-order valence-corrected chi connectivity index (χ0v) is 11.1. The molecule has 1 amide bonds. The zero-order chi connectivity index (χ0) is 13.0. The molecule has 100 valence electrons. The van der Waals surface area contributed by atoms with Gasteiger partial charge in [-0.1, -0.05) is 5.16 Å². The van der Waals surface area contributed by atoms with E-state index >= 15 is 0 Å². The first-order valence-electron chi connectivity index (χ1n) is 6.64. The van der Waals surface area contributed by atoms with E-state index in [1.807, 2.05) is 11.8 Å². The molecule has 1 aromatic rings. The molecule has 1 N–H and O–H groups in total. The van der Waals surface area contributed by atoms with Crippen LogP contribution >= 0.6 is 0 Å². The third-order valence-corrected chi connectivity index (χ3v) is 3.39. The minimum atomic E-state index is -0.0278. The first kappa shape index (κ1) is 13.1. The fourth-order valence-electron chi connectivity index (χ4n) is 2.38. The molecule has 0 bridgehead atoms. The van der Waals surface area contributed by atoms with Gasteiger partial charge in [0.15, 0.2) is 5.69 Å². The number of aromatic nitrogens is 1. The molecule has 1 saturated heterocycles. The van der Waals surface area contributed by atoms with E-state index in [9.17, 15) is 4.79 Å². The van der Waals surface area contributed by atoms with E-state index in [0.29, 0.717) is 23.9 Å². The highest BCUT2D eigenvalue weighted by molar-refractivity contribution is 5.92. The van der Waals surface area contributed by atoms with Gasteiger partial charge in [-0.05, 0) is 45.7 Å². The van der Waals surface area contributed by atoms with Crippen molar-refractivity contribution >= 4 is 5.91 Å². The van der Waals surface area contributed by atoms with E-state index in [0.717, 1.165) is 19.6 Å². The SMILES string of the molecule is CCN(CC1CCCNC1)C(=O)c1cc(C)on1. The molecule has 1 unspecified atom stereocenters. The number of carbonyl (C=O) groups excluding carboxylic acids is 1. The summed E-state index contributed by atoms with van der Waals surface area (Å²) < 4.78 is 4.96. The highest BCUT2D eigenvalue weighted by Gasteiger charge is 2.22. The van der Waals surface area contributed by atoms with Gasteiger partial charge in [-0.15, -0.1) is 0 Å². The minimum absolute atomic E-state index is 0.0278. The third-order valence-electron chi connectivity index (χ3n) is 3.39. The lowest BCUT2D eigenvalue weighted by molar-refractivity contribution is 0.0718. The second-order valence-electron chi connectivity index (χ2n) is 4.88. The van der Waals surface area contributed by atoms with E-state index in [-0.39, 0.29) is 5.91 Å². The first-order chi connectivity index (χ1) is 8.70. The number of nitrogens with zero attached hydrogens (tertiary/aromatic N) is 2. The molecule has 0 radical (unpaired) electrons. The molecule has 1 aromatic heterocycles. The standard InChI is InChI=1S/C13H21N3O2/c1-3-16(9-11-5-4-6-14-8-11)13(17)12-7-10(2)18-15-12/h7,11,14H,3-6,8-9H2,1-2H3. The maximum absolute atomic E-state index is 12.2. The lowest BCUT2D eigenvalue weighted by Crippen LogP contribution is -2.41. The number of aryl methyl sites for hydroxylation is 1. The minimum Gasteiger partial charge on any atom is -0.361 e. The number of hydrogen-bond donors (Lipinski definition) is 1. The summed E-state index contributed by atoms with van der Waals surface area (Å²) in [4.78, 5) is 14.1. The second kappa shape index (κ2) is 6.00. The van der Waals surface area contributed by atoms with E-state index in [1.165, 1.54) is 12.8 Å². The van der Waals surface area contributed by atoms with E-state index in [1.54, 1.807) is 13.0 Å². The third kappa shape index (κ3) is 3.10. The van der Waals surface area contributed by atoms with Crippen LogP contribution in [0.15, 0.2) is 10.6 Å². The Morgan fingerprint density at radius 2 is 2.50 bits per heavy atom. The van der Waals surface area contributed by atoms with Crippen molar-refractivity contribution in [2.45, 2.75) is 26.7 Å². The van der Waals surface area contributed by atoms with Crippen LogP contribution < -0.4 is 5.32 Å². The Bertz CT molecular complexity index is 397. The molecule has 2 rings (SSSR count). The molecule has 0 saturated carbocycles. The van der Waals surface area contributed by atoms with Gasteiger partial charge in [0.2, 0.25) is 0 Å². The van der Waals surface area contributed by atoms with Crippen LogP contribution in [0.3, 0.4) is 0 Å². The number of hydrogen-bond acceptors (Lipinski definition) is 4. The van der Waals surface area contributed by atoms with Crippen molar-refractivity contribution in [3.05, 3.63) is 17.5 Å². The Kier molecular flexibility index (Phi) is 4.36. The largest absolute Gasteiger partial charge is 0.361 e. The molecule has 5 nitrogen and oxygen atoms in total. The fourth-order valence-corrected chi connectivity index (χ4v) is 2.38. The smallest absolute Gasteiger partial charge is 0.276 e. The van der Waals surface area contributed by atoms with Gasteiger partial charge in [0.25, 0.3) is 5.91 Å². The van der Waals surface area contributed by atoms with Gasteiger partial charge in [0.05, 0.1) is 0 Å². The van der Waals surface area contributed by atoms with Crippen molar-refractivity contribution in [1.29, 1.82) is 0 Å². The van der Waals surface area contributed by atoms with Crippen molar-refractivity contribution < 1.29 is 9.32 Å². The highest BCUT2D eigenvalue weighted by atomic mass is 16.5. The average Bonchev–Trinajstić information content (AvgIpc) is 2.83. The number of piperidine rings is 1. The monoisotopic (exact) mass is 251 g/mol. The Hall–Kier alpha value is -1.36. The predicted octanol–water partition coefficient (Wildman–Crippen LogP) is 1.44. The summed E-state index contributed by atoms with van der Waals surface area (Å²) in [6.07, 6.45) is 2.38. The quantitative estimate of drug-likeness (QED) is 0.880.